The number of aromatic amines is 1. The van der Waals surface area contributed by atoms with Crippen LogP contribution in [0.2, 0.25) is 0 Å². The number of aryl methyl sites for hydroxylation is 1. The van der Waals surface area contributed by atoms with Crippen molar-refractivity contribution in [2.24, 2.45) is 0 Å². The number of nitrogens with zero attached hydrogens (tertiary/aromatic N) is 2. The lowest BCUT2D eigenvalue weighted by molar-refractivity contribution is 0.0784. The zero-order valence-corrected chi connectivity index (χ0v) is 11.4. The van der Waals surface area contributed by atoms with Gasteiger partial charge in [0.1, 0.15) is 0 Å². The maximum absolute atomic E-state index is 12.4. The molecule has 2 rings (SSSR count). The Morgan fingerprint density at radius 3 is 2.84 bits per heavy atom. The summed E-state index contributed by atoms with van der Waals surface area (Å²) in [5, 5.41) is 9.68. The van der Waals surface area contributed by atoms with E-state index in [1.54, 1.807) is 24.3 Å². The van der Waals surface area contributed by atoms with Crippen LogP contribution >= 0.6 is 0 Å². The number of carbonyl (C=O) groups is 1. The summed E-state index contributed by atoms with van der Waals surface area (Å²) in [6.45, 7) is 2.49. The quantitative estimate of drug-likeness (QED) is 0.882. The van der Waals surface area contributed by atoms with Gasteiger partial charge >= 0.3 is 0 Å². The number of carbonyl (C=O) groups excluding carboxylic acids is 1. The van der Waals surface area contributed by atoms with E-state index in [2.05, 4.69) is 15.5 Å². The lowest BCUT2D eigenvalue weighted by Crippen LogP contribution is -2.26. The van der Waals surface area contributed by atoms with Crippen LogP contribution in [0.25, 0.3) is 0 Å². The monoisotopic (exact) mass is 258 g/mol. The molecule has 0 aliphatic carbocycles. The molecule has 5 nitrogen and oxygen atoms in total. The second kappa shape index (κ2) is 5.56. The SMILES string of the molecule is CNc1ccc(C(=O)N(C)Cc2cn[nH]c2)c(C)c1. The molecule has 0 saturated heterocycles. The predicted octanol–water partition coefficient (Wildman–Crippen LogP) is 2.03. The van der Waals surface area contributed by atoms with Crippen molar-refractivity contribution in [3.8, 4) is 0 Å². The van der Waals surface area contributed by atoms with Crippen LogP contribution < -0.4 is 5.32 Å². The highest BCUT2D eigenvalue weighted by Crippen LogP contribution is 2.17. The summed E-state index contributed by atoms with van der Waals surface area (Å²) in [6, 6.07) is 5.74. The molecule has 0 aliphatic rings. The van der Waals surface area contributed by atoms with Gasteiger partial charge in [0.25, 0.3) is 5.91 Å². The number of aromatic nitrogens is 2. The Hall–Kier alpha value is -2.30. The van der Waals surface area contributed by atoms with Gasteiger partial charge in [-0.25, -0.2) is 0 Å². The van der Waals surface area contributed by atoms with E-state index in [0.717, 1.165) is 22.4 Å². The molecule has 0 unspecified atom stereocenters. The minimum absolute atomic E-state index is 0.0151. The molecule has 1 aromatic heterocycles. The molecular weight excluding hydrogens is 240 g/mol. The molecule has 19 heavy (non-hydrogen) atoms. The fourth-order valence-corrected chi connectivity index (χ4v) is 1.97. The highest BCUT2D eigenvalue weighted by atomic mass is 16.2. The average molecular weight is 258 g/mol. The van der Waals surface area contributed by atoms with Crippen molar-refractivity contribution in [3.05, 3.63) is 47.3 Å². The van der Waals surface area contributed by atoms with E-state index in [1.807, 2.05) is 32.2 Å². The van der Waals surface area contributed by atoms with Gasteiger partial charge in [0.2, 0.25) is 0 Å². The summed E-state index contributed by atoms with van der Waals surface area (Å²) < 4.78 is 0. The van der Waals surface area contributed by atoms with Crippen molar-refractivity contribution < 1.29 is 4.79 Å². The number of amides is 1. The van der Waals surface area contributed by atoms with Gasteiger partial charge in [0.15, 0.2) is 0 Å². The Balaban J connectivity index is 2.14. The van der Waals surface area contributed by atoms with Gasteiger partial charge < -0.3 is 10.2 Å². The van der Waals surface area contributed by atoms with Crippen molar-refractivity contribution in [1.82, 2.24) is 15.1 Å². The number of anilines is 1. The van der Waals surface area contributed by atoms with Crippen molar-refractivity contribution >= 4 is 11.6 Å². The van der Waals surface area contributed by atoms with Gasteiger partial charge in [-0.2, -0.15) is 5.10 Å². The van der Waals surface area contributed by atoms with Crippen molar-refractivity contribution in [3.63, 3.8) is 0 Å². The standard InChI is InChI=1S/C14H18N4O/c1-10-6-12(15-2)4-5-13(10)14(19)18(3)9-11-7-16-17-8-11/h4-8,15H,9H2,1-3H3,(H,16,17). The molecule has 0 fully saturated rings. The fraction of sp³-hybridized carbons (Fsp3) is 0.286. The topological polar surface area (TPSA) is 61.0 Å². The third kappa shape index (κ3) is 2.93. The molecule has 1 amide bonds. The molecule has 0 atom stereocenters. The summed E-state index contributed by atoms with van der Waals surface area (Å²) in [7, 11) is 3.65. The van der Waals surface area contributed by atoms with Crippen LogP contribution in [0.1, 0.15) is 21.5 Å². The minimum Gasteiger partial charge on any atom is -0.388 e. The number of nitrogens with one attached hydrogen (secondary N) is 2. The number of rotatable bonds is 4. The van der Waals surface area contributed by atoms with Gasteiger partial charge in [-0.3, -0.25) is 9.89 Å². The van der Waals surface area contributed by atoms with E-state index >= 15 is 0 Å². The fourth-order valence-electron chi connectivity index (χ4n) is 1.97. The first-order chi connectivity index (χ1) is 9.11. The molecule has 2 aromatic rings. The average Bonchev–Trinajstić information content (AvgIpc) is 2.90. The lowest BCUT2D eigenvalue weighted by atomic mass is 10.1. The first-order valence-electron chi connectivity index (χ1n) is 6.13. The Morgan fingerprint density at radius 2 is 2.26 bits per heavy atom. The maximum atomic E-state index is 12.4. The van der Waals surface area contributed by atoms with E-state index in [4.69, 9.17) is 0 Å². The smallest absolute Gasteiger partial charge is 0.254 e. The third-order valence-corrected chi connectivity index (χ3v) is 3.07. The van der Waals surface area contributed by atoms with Gasteiger partial charge in [-0.05, 0) is 30.7 Å². The van der Waals surface area contributed by atoms with E-state index in [9.17, 15) is 4.79 Å². The highest BCUT2D eigenvalue weighted by Gasteiger charge is 2.14. The third-order valence-electron chi connectivity index (χ3n) is 3.07. The Labute approximate surface area is 112 Å². The van der Waals surface area contributed by atoms with Crippen LogP contribution in [0.15, 0.2) is 30.6 Å². The Kier molecular flexibility index (Phi) is 3.85. The second-order valence-electron chi connectivity index (χ2n) is 4.55. The number of H-pyrrole nitrogens is 1. The van der Waals surface area contributed by atoms with Gasteiger partial charge in [-0.1, -0.05) is 0 Å². The molecule has 5 heteroatoms. The van der Waals surface area contributed by atoms with Crippen LogP contribution in [0, 0.1) is 6.92 Å². The molecule has 0 bridgehead atoms. The molecule has 0 radical (unpaired) electrons. The van der Waals surface area contributed by atoms with Crippen molar-refractivity contribution in [1.29, 1.82) is 0 Å². The Morgan fingerprint density at radius 1 is 1.47 bits per heavy atom. The van der Waals surface area contributed by atoms with Crippen LogP contribution in [-0.2, 0) is 6.54 Å². The van der Waals surface area contributed by atoms with Gasteiger partial charge in [0, 0.05) is 43.7 Å². The molecule has 100 valence electrons. The lowest BCUT2D eigenvalue weighted by Gasteiger charge is -2.18. The van der Waals surface area contributed by atoms with Crippen LogP contribution in [-0.4, -0.2) is 35.1 Å². The van der Waals surface area contributed by atoms with E-state index in [-0.39, 0.29) is 5.91 Å². The van der Waals surface area contributed by atoms with Crippen LogP contribution in [0.4, 0.5) is 5.69 Å². The van der Waals surface area contributed by atoms with Gasteiger partial charge in [0.05, 0.1) is 6.20 Å². The normalized spacial score (nSPS) is 10.3. The molecule has 0 saturated carbocycles. The first-order valence-corrected chi connectivity index (χ1v) is 6.13. The summed E-state index contributed by atoms with van der Waals surface area (Å²) in [6.07, 6.45) is 3.52. The molecular formula is C14H18N4O. The largest absolute Gasteiger partial charge is 0.388 e. The summed E-state index contributed by atoms with van der Waals surface area (Å²) in [5.41, 5.74) is 3.69. The van der Waals surface area contributed by atoms with Gasteiger partial charge in [-0.15, -0.1) is 0 Å². The maximum Gasteiger partial charge on any atom is 0.254 e. The summed E-state index contributed by atoms with van der Waals surface area (Å²) >= 11 is 0. The second-order valence-corrected chi connectivity index (χ2v) is 4.55. The molecule has 2 N–H and O–H groups in total. The van der Waals surface area contributed by atoms with Crippen molar-refractivity contribution in [2.45, 2.75) is 13.5 Å². The van der Waals surface area contributed by atoms with Crippen LogP contribution in [0.5, 0.6) is 0 Å². The molecule has 1 aromatic carbocycles. The molecule has 0 spiro atoms. The van der Waals surface area contributed by atoms with Crippen LogP contribution in [0.3, 0.4) is 0 Å². The van der Waals surface area contributed by atoms with E-state index in [1.165, 1.54) is 0 Å². The zero-order valence-electron chi connectivity index (χ0n) is 11.4. The molecule has 0 aliphatic heterocycles. The Bertz CT molecular complexity index is 563. The number of hydrogen-bond donors (Lipinski definition) is 2. The predicted molar refractivity (Wildman–Crippen MR) is 75.1 cm³/mol. The van der Waals surface area contributed by atoms with Crippen molar-refractivity contribution in [2.75, 3.05) is 19.4 Å². The number of benzene rings is 1. The summed E-state index contributed by atoms with van der Waals surface area (Å²) in [4.78, 5) is 14.1. The highest BCUT2D eigenvalue weighted by molar-refractivity contribution is 5.95. The van der Waals surface area contributed by atoms with E-state index in [0.29, 0.717) is 6.54 Å². The van der Waals surface area contributed by atoms with E-state index < -0.39 is 0 Å². The number of hydrogen-bond acceptors (Lipinski definition) is 3. The minimum atomic E-state index is 0.0151. The summed E-state index contributed by atoms with van der Waals surface area (Å²) in [5.74, 6) is 0.0151. The zero-order chi connectivity index (χ0) is 13.8. The molecule has 1 heterocycles. The first kappa shape index (κ1) is 13.1.